The average Bonchev–Trinajstić information content (AvgIpc) is 3.20. The predicted octanol–water partition coefficient (Wildman–Crippen LogP) is 13.0. The Balaban J connectivity index is 1.44. The number of hydrogen-bond acceptors (Lipinski definition) is 0. The van der Waals surface area contributed by atoms with E-state index in [1.165, 1.54) is 0 Å². The highest BCUT2D eigenvalue weighted by molar-refractivity contribution is 6.22. The van der Waals surface area contributed by atoms with Crippen molar-refractivity contribution in [2.24, 2.45) is 0 Å². The summed E-state index contributed by atoms with van der Waals surface area (Å²) in [5.74, 6) is 0. The molecule has 46 heavy (non-hydrogen) atoms. The Morgan fingerprint density at radius 1 is 0.304 bits per heavy atom. The lowest BCUT2D eigenvalue weighted by molar-refractivity contribution is 1.62. The summed E-state index contributed by atoms with van der Waals surface area (Å²) < 4.78 is 65.1. The highest BCUT2D eigenvalue weighted by Crippen LogP contribution is 2.45. The van der Waals surface area contributed by atoms with Crippen LogP contribution in [0.4, 0.5) is 0 Å². The second-order valence-electron chi connectivity index (χ2n) is 11.6. The third-order valence-corrected chi connectivity index (χ3v) is 8.86. The molecular weight excluding hydrogens is 553 g/mol. The van der Waals surface area contributed by atoms with Crippen LogP contribution in [0.2, 0.25) is 0 Å². The molecule has 0 aliphatic heterocycles. The van der Waals surface area contributed by atoms with Gasteiger partial charge in [-0.3, -0.25) is 0 Å². The molecule has 0 aliphatic rings. The molecule has 0 aliphatic carbocycles. The van der Waals surface area contributed by atoms with Crippen LogP contribution in [0.3, 0.4) is 0 Å². The maximum Gasteiger partial charge on any atom is 0.0636 e. The molecule has 0 amide bonds. The molecule has 0 unspecified atom stereocenters. The summed E-state index contributed by atoms with van der Waals surface area (Å²) in [6.45, 7) is 0. The monoisotopic (exact) mass is 589 g/mol. The summed E-state index contributed by atoms with van der Waals surface area (Å²) in [6.07, 6.45) is 0. The Labute approximate surface area is 278 Å². The summed E-state index contributed by atoms with van der Waals surface area (Å²) in [7, 11) is 0. The Morgan fingerprint density at radius 2 is 0.783 bits per heavy atom. The van der Waals surface area contributed by atoms with Crippen molar-refractivity contribution >= 4 is 43.1 Å². The van der Waals surface area contributed by atoms with Gasteiger partial charge in [0, 0.05) is 0 Å². The Bertz CT molecular complexity index is 2950. The zero-order chi connectivity index (χ0) is 36.5. The van der Waals surface area contributed by atoms with E-state index in [0.717, 1.165) is 32.7 Å². The van der Waals surface area contributed by atoms with Gasteiger partial charge >= 0.3 is 0 Å². The summed E-state index contributed by atoms with van der Waals surface area (Å²) in [5.41, 5.74) is 5.03. The first kappa shape index (κ1) is 20.1. The van der Waals surface area contributed by atoms with Crippen molar-refractivity contribution < 1.29 is 9.60 Å². The van der Waals surface area contributed by atoms with Crippen LogP contribution >= 0.6 is 0 Å². The first-order chi connectivity index (χ1) is 25.7. The SMILES string of the molecule is [2H]c1c([2H])c([2H])c2c(-c3ccc4ccccc4c3)c3c([2H])c(-c4ccccc4)c([2H])c([2H])c3c(-c3ccc(-c4ccc5ccccc5c4)cc3)c2c1[2H]. The van der Waals surface area contributed by atoms with Gasteiger partial charge in [-0.15, -0.1) is 0 Å². The molecule has 9 aromatic rings. The Morgan fingerprint density at radius 3 is 1.46 bits per heavy atom. The van der Waals surface area contributed by atoms with Crippen molar-refractivity contribution in [3.05, 3.63) is 182 Å². The molecule has 0 atom stereocenters. The Kier molecular flexibility index (Phi) is 4.76. The fraction of sp³-hybridized carbons (Fsp3) is 0. The minimum atomic E-state index is -0.384. The molecule has 9 rings (SSSR count). The van der Waals surface area contributed by atoms with Crippen molar-refractivity contribution in [2.75, 3.05) is 0 Å². The highest BCUT2D eigenvalue weighted by atomic mass is 14.2. The standard InChI is InChI=1S/C46H30/c1-2-10-31(11-3-1)39-26-27-43-44(30-39)46(40-25-21-33-13-5-7-15-37(33)29-40)42-17-9-8-16-41(42)45(43)35-22-18-34(19-23-35)38-24-20-32-12-4-6-14-36(32)28-38/h1-30H/i8D,9D,16D,17D,26D,27D,30D. The molecule has 0 heterocycles. The maximum atomic E-state index is 9.84. The number of benzene rings is 9. The summed E-state index contributed by atoms with van der Waals surface area (Å²) in [5, 5.41) is 5.39. The van der Waals surface area contributed by atoms with E-state index in [2.05, 4.69) is 30.3 Å². The van der Waals surface area contributed by atoms with E-state index in [1.54, 1.807) is 0 Å². The van der Waals surface area contributed by atoms with Crippen LogP contribution in [0, 0.1) is 0 Å². The fourth-order valence-electron chi connectivity index (χ4n) is 6.59. The van der Waals surface area contributed by atoms with E-state index in [0.29, 0.717) is 44.2 Å². The van der Waals surface area contributed by atoms with Crippen LogP contribution in [-0.4, -0.2) is 0 Å². The molecule has 0 heteroatoms. The third kappa shape index (κ3) is 4.47. The normalized spacial score (nSPS) is 13.6. The summed E-state index contributed by atoms with van der Waals surface area (Å²) >= 11 is 0. The molecular formula is C46H30. The molecule has 0 saturated carbocycles. The first-order valence-corrected chi connectivity index (χ1v) is 15.4. The van der Waals surface area contributed by atoms with E-state index in [9.17, 15) is 6.85 Å². The predicted molar refractivity (Wildman–Crippen MR) is 198 cm³/mol. The van der Waals surface area contributed by atoms with Gasteiger partial charge < -0.3 is 0 Å². The molecule has 214 valence electrons. The second-order valence-corrected chi connectivity index (χ2v) is 11.6. The van der Waals surface area contributed by atoms with E-state index < -0.39 is 0 Å². The van der Waals surface area contributed by atoms with Crippen LogP contribution in [0.1, 0.15) is 9.60 Å². The van der Waals surface area contributed by atoms with Gasteiger partial charge in [0.15, 0.2) is 0 Å². The molecule has 0 N–H and O–H groups in total. The van der Waals surface area contributed by atoms with Crippen molar-refractivity contribution in [2.45, 2.75) is 0 Å². The largest absolute Gasteiger partial charge is 0.0636 e. The molecule has 0 bridgehead atoms. The van der Waals surface area contributed by atoms with Crippen molar-refractivity contribution in [3.63, 3.8) is 0 Å². The molecule has 0 saturated heterocycles. The van der Waals surface area contributed by atoms with Crippen LogP contribution in [0.15, 0.2) is 182 Å². The van der Waals surface area contributed by atoms with E-state index in [-0.39, 0.29) is 53.1 Å². The van der Waals surface area contributed by atoms with Crippen LogP contribution in [0.5, 0.6) is 0 Å². The van der Waals surface area contributed by atoms with Crippen LogP contribution in [0.25, 0.3) is 87.6 Å². The Hall–Kier alpha value is -5.98. The minimum absolute atomic E-state index is 0.0266. The first-order valence-electron chi connectivity index (χ1n) is 18.9. The summed E-state index contributed by atoms with van der Waals surface area (Å²) in [4.78, 5) is 0. The van der Waals surface area contributed by atoms with Gasteiger partial charge in [-0.05, 0) is 106 Å². The fourth-order valence-corrected chi connectivity index (χ4v) is 6.59. The molecule has 0 radical (unpaired) electrons. The van der Waals surface area contributed by atoms with E-state index in [4.69, 9.17) is 2.74 Å². The van der Waals surface area contributed by atoms with Crippen molar-refractivity contribution in [3.8, 4) is 44.5 Å². The minimum Gasteiger partial charge on any atom is -0.0622 e. The van der Waals surface area contributed by atoms with Crippen LogP contribution < -0.4 is 0 Å². The van der Waals surface area contributed by atoms with Gasteiger partial charge in [-0.1, -0.05) is 164 Å². The van der Waals surface area contributed by atoms with Crippen LogP contribution in [-0.2, 0) is 0 Å². The zero-order valence-corrected chi connectivity index (χ0v) is 24.8. The maximum absolute atomic E-state index is 9.84. The highest BCUT2D eigenvalue weighted by Gasteiger charge is 2.18. The summed E-state index contributed by atoms with van der Waals surface area (Å²) in [6, 6.07) is 43.8. The molecule has 0 aromatic heterocycles. The third-order valence-electron chi connectivity index (χ3n) is 8.86. The number of fused-ring (bicyclic) bond motifs is 4. The van der Waals surface area contributed by atoms with E-state index >= 15 is 0 Å². The van der Waals surface area contributed by atoms with E-state index in [1.807, 2.05) is 109 Å². The van der Waals surface area contributed by atoms with Crippen molar-refractivity contribution in [1.82, 2.24) is 0 Å². The lowest BCUT2D eigenvalue weighted by Crippen LogP contribution is -1.92. The van der Waals surface area contributed by atoms with Gasteiger partial charge in [0.2, 0.25) is 0 Å². The molecule has 0 fully saturated rings. The van der Waals surface area contributed by atoms with Crippen molar-refractivity contribution in [1.29, 1.82) is 0 Å². The lowest BCUT2D eigenvalue weighted by Gasteiger charge is -2.19. The smallest absolute Gasteiger partial charge is 0.0622 e. The second kappa shape index (κ2) is 10.9. The number of rotatable bonds is 4. The van der Waals surface area contributed by atoms with Gasteiger partial charge in [-0.2, -0.15) is 0 Å². The number of hydrogen-bond donors (Lipinski definition) is 0. The quantitative estimate of drug-likeness (QED) is 0.179. The van der Waals surface area contributed by atoms with Gasteiger partial charge in [0.25, 0.3) is 0 Å². The molecule has 9 aromatic carbocycles. The zero-order valence-electron chi connectivity index (χ0n) is 31.8. The van der Waals surface area contributed by atoms with Gasteiger partial charge in [-0.25, -0.2) is 0 Å². The lowest BCUT2D eigenvalue weighted by atomic mass is 9.84. The molecule has 0 spiro atoms. The average molecular weight is 590 g/mol. The topological polar surface area (TPSA) is 0 Å². The van der Waals surface area contributed by atoms with Gasteiger partial charge in [0.1, 0.15) is 0 Å². The van der Waals surface area contributed by atoms with Gasteiger partial charge in [0.05, 0.1) is 9.60 Å². The molecule has 0 nitrogen and oxygen atoms in total.